The summed E-state index contributed by atoms with van der Waals surface area (Å²) in [5, 5.41) is 0. The van der Waals surface area contributed by atoms with Crippen LogP contribution in [0, 0.1) is 0 Å². The molecule has 0 bridgehead atoms. The van der Waals surface area contributed by atoms with Crippen LogP contribution < -0.4 is 103 Å². The second-order valence-electron chi connectivity index (χ2n) is 3.13. The maximum Gasteiger partial charge on any atom is 3.00 e. The first-order valence-electron chi connectivity index (χ1n) is 5.11. The Morgan fingerprint density at radius 3 is 0.213 bits per heavy atom. The van der Waals surface area contributed by atoms with Gasteiger partial charge in [-0.2, -0.15) is 54.8 Å². The Morgan fingerprint density at radius 2 is 0.213 bits per heavy atom. The van der Waals surface area contributed by atoms with Crippen molar-refractivity contribution in [3.63, 3.8) is 0 Å². The smallest absolute Gasteiger partial charge is 0.822 e. The average molecular weight is 1170 g/mol. The van der Waals surface area contributed by atoms with Gasteiger partial charge in [-0.15, -0.1) is 0 Å². The fraction of sp³-hybridized carbons (Fsp3) is 0. The molecule has 6 N–H and O–H groups in total. The summed E-state index contributed by atoms with van der Waals surface area (Å²) in [5.41, 5.74) is 0. The molecule has 278 valence electrons. The van der Waals surface area contributed by atoms with Gasteiger partial charge in [0.15, 0.2) is 0 Å². The molecular weight excluding hydrogens is 1170 g/mol. The minimum atomic E-state index is -5.39. The third-order valence-electron chi connectivity index (χ3n) is 0. The molecule has 0 unspecified atom stereocenters. The Kier molecular flexibility index (Phi) is 159. The van der Waals surface area contributed by atoms with Crippen LogP contribution in [0.1, 0.15) is 0 Å². The van der Waals surface area contributed by atoms with Gasteiger partial charge in [0, 0.05) is 0 Å². The molecule has 6 radical (unpaired) electrons. The molecular formula is H6Ca3Fe3Mn3O31P7. The number of phosphoric acid groups is 7. The van der Waals surface area contributed by atoms with E-state index < -0.39 is 54.8 Å². The van der Waals surface area contributed by atoms with Crippen LogP contribution in [0.2, 0.25) is 0 Å². The largest absolute Gasteiger partial charge is 3.00 e. The second kappa shape index (κ2) is 60.2. The molecule has 0 aliphatic heterocycles. The van der Waals surface area contributed by atoms with Crippen LogP contribution >= 0.6 is 54.8 Å². The third kappa shape index (κ3) is 2500. The maximum absolute atomic E-state index is 8.55. The molecule has 0 rings (SSSR count). The molecule has 0 heterocycles. The molecule has 0 aliphatic carbocycles. The number of hydrogen-bond donors (Lipinski definition) is 0. The molecule has 47 heavy (non-hydrogen) atoms. The normalized spacial score (nSPS) is 8.79. The van der Waals surface area contributed by atoms with E-state index in [4.69, 9.17) is 135 Å². The van der Waals surface area contributed by atoms with Gasteiger partial charge >= 0.3 is 216 Å². The van der Waals surface area contributed by atoms with E-state index in [0.29, 0.717) is 0 Å². The zero-order chi connectivity index (χ0) is 31.5. The van der Waals surface area contributed by atoms with Crippen molar-refractivity contribution in [2.24, 2.45) is 0 Å². The molecule has 0 atom stereocenters. The Bertz CT molecular complexity index is 593. The molecule has 0 fully saturated rings. The zero-order valence-corrected chi connectivity index (χ0v) is 40.1. The maximum atomic E-state index is 8.55. The average Bonchev–Trinajstić information content (AvgIpc) is 2.06. The third-order valence-corrected chi connectivity index (χ3v) is 0. The van der Waals surface area contributed by atoms with E-state index in [1.807, 2.05) is 0 Å². The van der Waals surface area contributed by atoms with Gasteiger partial charge in [-0.05, 0) is 0 Å². The number of hydrogen-bond acceptors (Lipinski definition) is 28. The van der Waals surface area contributed by atoms with Crippen LogP contribution in [0.5, 0.6) is 0 Å². The predicted octanol–water partition coefficient (Wildman–Crippen LogP) is -23.4. The molecule has 31 nitrogen and oxygen atoms in total. The molecule has 0 saturated carbocycles. The summed E-state index contributed by atoms with van der Waals surface area (Å²) in [6.45, 7) is 0. The van der Waals surface area contributed by atoms with Crippen molar-refractivity contribution in [2.75, 3.05) is 0 Å². The van der Waals surface area contributed by atoms with Crippen LogP contribution in [0.4, 0.5) is 0 Å². The Morgan fingerprint density at radius 1 is 0.213 bits per heavy atom. The van der Waals surface area contributed by atoms with Gasteiger partial charge < -0.3 is 151 Å². The van der Waals surface area contributed by atoms with Crippen LogP contribution in [0.25, 0.3) is 0 Å². The van der Waals surface area contributed by atoms with Crippen molar-refractivity contribution >= 4 is 168 Å². The summed E-state index contributed by atoms with van der Waals surface area (Å²) in [4.78, 5) is 180. The SMILES string of the molecule is O.O.O.O=P([O-])([O-])[O-].O=P([O-])([O-])[O-].O=P([O-])([O-])[O-].O=P([O-])([O-])[O-].O=P([O-])([O-])[O-].O=P([O-])([O-])[O-].O=P([O-])([O-])[O-].[Ca+2].[Ca+2].[Ca+2].[Fe+3].[Fe+3].[Fe+3].[Mn+2].[Mn+2].[Mn+2]. The van der Waals surface area contributed by atoms with E-state index in [0.717, 1.165) is 0 Å². The quantitative estimate of drug-likeness (QED) is 0.160. The summed E-state index contributed by atoms with van der Waals surface area (Å²) in [5.74, 6) is 0. The van der Waals surface area contributed by atoms with Gasteiger partial charge in [0.25, 0.3) is 0 Å². The molecule has 0 aliphatic rings. The van der Waals surface area contributed by atoms with E-state index in [9.17, 15) is 0 Å². The summed E-state index contributed by atoms with van der Waals surface area (Å²) in [6, 6.07) is 0. The van der Waals surface area contributed by atoms with Crippen LogP contribution in [0.15, 0.2) is 0 Å². The molecule has 0 aromatic heterocycles. The fourth-order valence-corrected chi connectivity index (χ4v) is 0. The van der Waals surface area contributed by atoms with Gasteiger partial charge in [0.1, 0.15) is 0 Å². The van der Waals surface area contributed by atoms with Gasteiger partial charge in [-0.1, -0.05) is 0 Å². The summed E-state index contributed by atoms with van der Waals surface area (Å²) < 4.78 is 59.8. The molecule has 0 aromatic rings. The van der Waals surface area contributed by atoms with Crippen molar-refractivity contribution < 1.29 is 254 Å². The van der Waals surface area contributed by atoms with Gasteiger partial charge in [-0.3, -0.25) is 0 Å². The fourth-order valence-electron chi connectivity index (χ4n) is 0. The molecule has 47 heteroatoms. The first kappa shape index (κ1) is 124. The van der Waals surface area contributed by atoms with Gasteiger partial charge in [0.05, 0.1) is 0 Å². The van der Waals surface area contributed by atoms with E-state index in [1.165, 1.54) is 0 Å². The van der Waals surface area contributed by atoms with Crippen molar-refractivity contribution in [3.05, 3.63) is 0 Å². The molecule has 0 saturated heterocycles. The van der Waals surface area contributed by atoms with E-state index in [-0.39, 0.29) is 232 Å². The van der Waals surface area contributed by atoms with Crippen molar-refractivity contribution in [1.29, 1.82) is 0 Å². The summed E-state index contributed by atoms with van der Waals surface area (Å²) >= 11 is 0. The minimum Gasteiger partial charge on any atom is -0.822 e. The molecule has 0 amide bonds. The van der Waals surface area contributed by atoms with Crippen molar-refractivity contribution in [1.82, 2.24) is 0 Å². The Hall–Kier alpha value is 7.55. The second-order valence-corrected chi connectivity index (χ2v) is 9.39. The zero-order valence-electron chi connectivity index (χ0n) is 20.4. The monoisotopic (exact) mass is 1170 g/mol. The number of rotatable bonds is 0. The van der Waals surface area contributed by atoms with E-state index in [2.05, 4.69) is 0 Å². The standard InChI is InChI=1S/3Ca.3Fe.3Mn.7H3O4P.3H2O/c;;;;;;;;;7*1-5(2,3)4;;;/h;;;;;;;;;7*(H3,1,2,3,4);3*1H2/q3*+2;3*+3;3*+2;;;;;;;;;;/p-21. The first-order valence-corrected chi connectivity index (χ1v) is 15.3. The topological polar surface area (TPSA) is 698 Å². The summed E-state index contributed by atoms with van der Waals surface area (Å²) in [6.07, 6.45) is 0. The van der Waals surface area contributed by atoms with Crippen LogP contribution in [-0.4, -0.2) is 130 Å². The Balaban J connectivity index is -0.0000000110. The van der Waals surface area contributed by atoms with Gasteiger partial charge in [-0.25, -0.2) is 0 Å². The van der Waals surface area contributed by atoms with Crippen molar-refractivity contribution in [2.45, 2.75) is 0 Å². The van der Waals surface area contributed by atoms with E-state index >= 15 is 0 Å². The van der Waals surface area contributed by atoms with Crippen LogP contribution in [-0.2, 0) is 134 Å². The minimum absolute atomic E-state index is 0. The van der Waals surface area contributed by atoms with Gasteiger partial charge in [0.2, 0.25) is 0 Å². The predicted molar refractivity (Wildman–Crippen MR) is 81.3 cm³/mol. The van der Waals surface area contributed by atoms with Crippen LogP contribution in [0.3, 0.4) is 0 Å². The van der Waals surface area contributed by atoms with Crippen molar-refractivity contribution in [3.8, 4) is 0 Å². The first-order chi connectivity index (χ1) is 14.0. The molecule has 0 aromatic carbocycles. The summed E-state index contributed by atoms with van der Waals surface area (Å²) in [7, 11) is -37.7. The Labute approximate surface area is 414 Å². The molecule has 0 spiro atoms. The van der Waals surface area contributed by atoms with E-state index in [1.54, 1.807) is 0 Å².